The molecule has 2 amide bonds. The lowest BCUT2D eigenvalue weighted by atomic mass is 10.3. The normalized spacial score (nSPS) is 9.73. The molecule has 0 aliphatic carbocycles. The molecule has 0 aliphatic heterocycles. The van der Waals surface area contributed by atoms with Crippen molar-refractivity contribution in [3.05, 3.63) is 29.0 Å². The molecule has 1 rings (SSSR count). The van der Waals surface area contributed by atoms with Crippen molar-refractivity contribution in [3.8, 4) is 0 Å². The average Bonchev–Trinajstić information content (AvgIpc) is 2.10. The quantitative estimate of drug-likeness (QED) is 0.500. The van der Waals surface area contributed by atoms with Crippen LogP contribution in [-0.2, 0) is 0 Å². The molecule has 5 N–H and O–H groups in total. The summed E-state index contributed by atoms with van der Waals surface area (Å²) in [6, 6.07) is 2.57. The molecule has 0 fully saturated rings. The van der Waals surface area contributed by atoms with E-state index in [2.05, 4.69) is 0 Å². The molecule has 5 nitrogen and oxygen atoms in total. The van der Waals surface area contributed by atoms with Crippen LogP contribution in [0.5, 0.6) is 0 Å². The van der Waals surface area contributed by atoms with Gasteiger partial charge in [-0.1, -0.05) is 11.6 Å². The maximum atomic E-state index is 13.0. The highest BCUT2D eigenvalue weighted by Crippen LogP contribution is 2.21. The van der Waals surface area contributed by atoms with Crippen molar-refractivity contribution in [2.24, 2.45) is 11.5 Å². The predicted molar refractivity (Wildman–Crippen MR) is 55.4 cm³/mol. The molecule has 0 unspecified atom stereocenters. The lowest BCUT2D eigenvalue weighted by molar-refractivity contribution is 0.256. The van der Waals surface area contributed by atoms with Gasteiger partial charge in [0, 0.05) is 0 Å². The lowest BCUT2D eigenvalue weighted by Crippen LogP contribution is -2.44. The topological polar surface area (TPSA) is 96.2 Å². The number of nitrogens with one attached hydrogen (secondary N) is 1. The fraction of sp³-hybridized carbons (Fsp3) is 0. The summed E-state index contributed by atoms with van der Waals surface area (Å²) < 4.78 is 13.0. The van der Waals surface area contributed by atoms with Gasteiger partial charge < -0.3 is 11.5 Å². The summed E-state index contributed by atoms with van der Waals surface area (Å²) in [6.07, 6.45) is 0. The van der Waals surface area contributed by atoms with E-state index in [-0.39, 0.29) is 10.7 Å². The number of rotatable bonds is 1. The first kappa shape index (κ1) is 11.3. The molecule has 0 saturated heterocycles. The zero-order valence-electron chi connectivity index (χ0n) is 7.50. The third-order valence-corrected chi connectivity index (χ3v) is 1.93. The zero-order valence-corrected chi connectivity index (χ0v) is 8.25. The molecule has 15 heavy (non-hydrogen) atoms. The molecule has 1 aromatic carbocycles. The summed E-state index contributed by atoms with van der Waals surface area (Å²) in [6.45, 7) is 0. The van der Waals surface area contributed by atoms with Gasteiger partial charge in [-0.25, -0.2) is 14.1 Å². The van der Waals surface area contributed by atoms with Crippen LogP contribution in [0.3, 0.4) is 0 Å². The Hall–Kier alpha value is -1.82. The Morgan fingerprint density at radius 1 is 1.47 bits per heavy atom. The molecule has 0 bridgehead atoms. The summed E-state index contributed by atoms with van der Waals surface area (Å²) in [5.41, 5.74) is 10.1. The van der Waals surface area contributed by atoms with Gasteiger partial charge in [0.1, 0.15) is 5.82 Å². The summed E-state index contributed by atoms with van der Waals surface area (Å²) in [5.74, 6) is -1.31. The second kappa shape index (κ2) is 4.14. The number of primary amides is 1. The van der Waals surface area contributed by atoms with E-state index in [1.54, 1.807) is 0 Å². The van der Waals surface area contributed by atoms with Gasteiger partial charge in [0.25, 0.3) is 0 Å². The molecule has 1 aromatic rings. The lowest BCUT2D eigenvalue weighted by Gasteiger charge is -2.17. The number of amides is 2. The van der Waals surface area contributed by atoms with Crippen molar-refractivity contribution in [3.63, 3.8) is 0 Å². The number of hydrogen-bond donors (Lipinski definition) is 3. The van der Waals surface area contributed by atoms with E-state index in [1.165, 1.54) is 12.1 Å². The Labute approximate surface area is 89.9 Å². The first-order valence-electron chi connectivity index (χ1n) is 3.82. The fourth-order valence-electron chi connectivity index (χ4n) is 1.01. The van der Waals surface area contributed by atoms with Crippen LogP contribution in [0.1, 0.15) is 0 Å². The number of benzene rings is 1. The highest BCUT2D eigenvalue weighted by molar-refractivity contribution is 6.30. The van der Waals surface area contributed by atoms with Crippen molar-refractivity contribution in [2.45, 2.75) is 0 Å². The molecule has 80 valence electrons. The van der Waals surface area contributed by atoms with Gasteiger partial charge in [-0.15, -0.1) is 0 Å². The summed E-state index contributed by atoms with van der Waals surface area (Å²) in [7, 11) is 0. The highest BCUT2D eigenvalue weighted by Gasteiger charge is 2.16. The molecule has 0 spiro atoms. The Morgan fingerprint density at radius 2 is 2.07 bits per heavy atom. The number of halogens is 2. The van der Waals surface area contributed by atoms with E-state index < -0.39 is 17.8 Å². The summed E-state index contributed by atoms with van der Waals surface area (Å²) in [5, 5.41) is 7.00. The molecular weight excluding hydrogens is 223 g/mol. The fourth-order valence-corrected chi connectivity index (χ4v) is 1.13. The van der Waals surface area contributed by atoms with Gasteiger partial charge in [0.15, 0.2) is 0 Å². The second-order valence-electron chi connectivity index (χ2n) is 2.66. The third kappa shape index (κ3) is 2.35. The standard InChI is InChI=1S/C8H8ClFN4O/c9-5-2-1-4(3-6(5)10)14(7(11)12)8(13)15/h1-3H,(H3,11,12)(H2,13,15). The smallest absolute Gasteiger partial charge is 0.326 e. The number of nitrogens with two attached hydrogens (primary N) is 2. The average molecular weight is 231 g/mol. The highest BCUT2D eigenvalue weighted by atomic mass is 35.5. The van der Waals surface area contributed by atoms with Crippen molar-refractivity contribution in [2.75, 3.05) is 4.90 Å². The van der Waals surface area contributed by atoms with Gasteiger partial charge >= 0.3 is 6.03 Å². The van der Waals surface area contributed by atoms with Crippen molar-refractivity contribution < 1.29 is 9.18 Å². The minimum absolute atomic E-state index is 0.0527. The maximum absolute atomic E-state index is 13.0. The van der Waals surface area contributed by atoms with E-state index in [0.29, 0.717) is 4.90 Å². The molecule has 0 aromatic heterocycles. The van der Waals surface area contributed by atoms with Crippen LogP contribution in [0.15, 0.2) is 18.2 Å². The van der Waals surface area contributed by atoms with Crippen LogP contribution < -0.4 is 16.4 Å². The van der Waals surface area contributed by atoms with Crippen LogP contribution in [0, 0.1) is 11.2 Å². The number of anilines is 1. The maximum Gasteiger partial charge on any atom is 0.326 e. The Kier molecular flexibility index (Phi) is 3.11. The number of nitrogens with zero attached hydrogens (tertiary/aromatic N) is 1. The number of carbonyl (C=O) groups excluding carboxylic acids is 1. The molecular formula is C8H8ClFN4O. The van der Waals surface area contributed by atoms with E-state index in [1.807, 2.05) is 0 Å². The van der Waals surface area contributed by atoms with E-state index >= 15 is 0 Å². The van der Waals surface area contributed by atoms with Gasteiger partial charge in [-0.3, -0.25) is 5.41 Å². The van der Waals surface area contributed by atoms with Crippen LogP contribution in [0.2, 0.25) is 5.02 Å². The molecule has 7 heteroatoms. The van der Waals surface area contributed by atoms with Gasteiger partial charge in [0.2, 0.25) is 5.96 Å². The first-order valence-corrected chi connectivity index (χ1v) is 4.20. The van der Waals surface area contributed by atoms with Gasteiger partial charge in [-0.05, 0) is 18.2 Å². The molecule has 0 heterocycles. The molecule has 0 saturated carbocycles. The predicted octanol–water partition coefficient (Wildman–Crippen LogP) is 1.26. The Morgan fingerprint density at radius 3 is 2.47 bits per heavy atom. The Balaban J connectivity index is 3.18. The van der Waals surface area contributed by atoms with E-state index in [9.17, 15) is 9.18 Å². The van der Waals surface area contributed by atoms with Gasteiger partial charge in [-0.2, -0.15) is 0 Å². The van der Waals surface area contributed by atoms with Gasteiger partial charge in [0.05, 0.1) is 10.7 Å². The summed E-state index contributed by atoms with van der Waals surface area (Å²) >= 11 is 5.45. The van der Waals surface area contributed by atoms with Crippen molar-refractivity contribution >= 4 is 29.3 Å². The molecule has 0 atom stereocenters. The number of hydrogen-bond acceptors (Lipinski definition) is 2. The minimum Gasteiger partial charge on any atom is -0.369 e. The van der Waals surface area contributed by atoms with Crippen LogP contribution in [-0.4, -0.2) is 12.0 Å². The third-order valence-electron chi connectivity index (χ3n) is 1.62. The number of guanidine groups is 1. The number of urea groups is 1. The van der Waals surface area contributed by atoms with Crippen molar-refractivity contribution in [1.29, 1.82) is 5.41 Å². The SMILES string of the molecule is N=C(N)N(C(N)=O)c1ccc(Cl)c(F)c1. The monoisotopic (exact) mass is 230 g/mol. The van der Waals surface area contributed by atoms with Crippen molar-refractivity contribution in [1.82, 2.24) is 0 Å². The Bertz CT molecular complexity index is 409. The van der Waals surface area contributed by atoms with E-state index in [4.69, 9.17) is 28.5 Å². The van der Waals surface area contributed by atoms with E-state index in [0.717, 1.165) is 6.07 Å². The largest absolute Gasteiger partial charge is 0.369 e. The second-order valence-corrected chi connectivity index (χ2v) is 3.06. The first-order chi connectivity index (χ1) is 6.93. The minimum atomic E-state index is -0.968. The molecule has 0 radical (unpaired) electrons. The number of carbonyl (C=O) groups is 1. The summed E-state index contributed by atoms with van der Waals surface area (Å²) in [4.78, 5) is 11.6. The van der Waals surface area contributed by atoms with Crippen LogP contribution in [0.4, 0.5) is 14.9 Å². The zero-order chi connectivity index (χ0) is 11.6. The molecule has 0 aliphatic rings. The van der Waals surface area contributed by atoms with Crippen LogP contribution in [0.25, 0.3) is 0 Å². The van der Waals surface area contributed by atoms with Crippen LogP contribution >= 0.6 is 11.6 Å².